The second kappa shape index (κ2) is 8.48. The van der Waals surface area contributed by atoms with Gasteiger partial charge in [-0.05, 0) is 40.9 Å². The monoisotopic (exact) mass is 188 g/mol. The minimum absolute atomic E-state index is 0.632. The minimum Gasteiger partial charge on any atom is -0.380 e. The largest absolute Gasteiger partial charge is 0.380 e. The molecule has 1 N–H and O–H groups in total. The van der Waals surface area contributed by atoms with E-state index in [-0.39, 0.29) is 0 Å². The fourth-order valence-electron chi connectivity index (χ4n) is 1.15. The highest BCUT2D eigenvalue weighted by Crippen LogP contribution is 1.99. The summed E-state index contributed by atoms with van der Waals surface area (Å²) in [4.78, 5) is 2.34. The van der Waals surface area contributed by atoms with Crippen molar-refractivity contribution < 1.29 is 4.74 Å². The van der Waals surface area contributed by atoms with Crippen molar-refractivity contribution in [3.63, 3.8) is 0 Å². The smallest absolute Gasteiger partial charge is 0.0593 e. The van der Waals surface area contributed by atoms with E-state index in [2.05, 4.69) is 24.2 Å². The van der Waals surface area contributed by atoms with Crippen LogP contribution in [0.4, 0.5) is 0 Å². The standard InChI is InChI=1S/C10H24N2O/c1-5-13-9-8-12(4)10(2)6-7-11-3/h10-11H,5-9H2,1-4H3. The van der Waals surface area contributed by atoms with Gasteiger partial charge in [-0.1, -0.05) is 0 Å². The first-order valence-corrected chi connectivity index (χ1v) is 5.15. The van der Waals surface area contributed by atoms with E-state index in [1.165, 1.54) is 6.42 Å². The fraction of sp³-hybridized carbons (Fsp3) is 1.00. The van der Waals surface area contributed by atoms with Crippen LogP contribution in [-0.4, -0.2) is 51.3 Å². The third-order valence-corrected chi connectivity index (χ3v) is 2.36. The molecule has 0 saturated carbocycles. The van der Waals surface area contributed by atoms with Crippen molar-refractivity contribution in [3.05, 3.63) is 0 Å². The molecule has 0 spiro atoms. The molecule has 0 aromatic heterocycles. The molecular formula is C10H24N2O. The van der Waals surface area contributed by atoms with Crippen LogP contribution in [0.5, 0.6) is 0 Å². The molecule has 3 nitrogen and oxygen atoms in total. The van der Waals surface area contributed by atoms with Gasteiger partial charge >= 0.3 is 0 Å². The zero-order valence-electron chi connectivity index (χ0n) is 9.47. The van der Waals surface area contributed by atoms with Gasteiger partial charge in [0.2, 0.25) is 0 Å². The van der Waals surface area contributed by atoms with Crippen molar-refractivity contribution in [2.75, 3.05) is 40.4 Å². The van der Waals surface area contributed by atoms with Gasteiger partial charge in [-0.15, -0.1) is 0 Å². The Hall–Kier alpha value is -0.120. The van der Waals surface area contributed by atoms with Crippen LogP contribution in [0.1, 0.15) is 20.3 Å². The van der Waals surface area contributed by atoms with E-state index in [0.717, 1.165) is 26.3 Å². The summed E-state index contributed by atoms with van der Waals surface area (Å²) in [5, 5.41) is 3.16. The molecule has 0 aliphatic carbocycles. The Labute approximate surface area is 82.4 Å². The van der Waals surface area contributed by atoms with Crippen LogP contribution in [0.2, 0.25) is 0 Å². The van der Waals surface area contributed by atoms with E-state index in [1.54, 1.807) is 0 Å². The number of hydrogen-bond acceptors (Lipinski definition) is 3. The summed E-state index contributed by atoms with van der Waals surface area (Å²) in [5.41, 5.74) is 0. The summed E-state index contributed by atoms with van der Waals surface area (Å²) in [6.45, 7) is 8.06. The normalized spacial score (nSPS) is 13.6. The van der Waals surface area contributed by atoms with E-state index in [1.807, 2.05) is 14.0 Å². The first-order valence-electron chi connectivity index (χ1n) is 5.15. The van der Waals surface area contributed by atoms with E-state index >= 15 is 0 Å². The first-order chi connectivity index (χ1) is 6.22. The topological polar surface area (TPSA) is 24.5 Å². The fourth-order valence-corrected chi connectivity index (χ4v) is 1.15. The molecule has 80 valence electrons. The Morgan fingerprint density at radius 2 is 2.15 bits per heavy atom. The summed E-state index contributed by atoms with van der Waals surface area (Å²) >= 11 is 0. The summed E-state index contributed by atoms with van der Waals surface area (Å²) in [6, 6.07) is 0.632. The minimum atomic E-state index is 0.632. The lowest BCUT2D eigenvalue weighted by molar-refractivity contribution is 0.108. The summed E-state index contributed by atoms with van der Waals surface area (Å²) in [5.74, 6) is 0. The molecular weight excluding hydrogens is 164 g/mol. The molecule has 0 heterocycles. The highest BCUT2D eigenvalue weighted by atomic mass is 16.5. The van der Waals surface area contributed by atoms with Crippen molar-refractivity contribution >= 4 is 0 Å². The molecule has 0 radical (unpaired) electrons. The molecule has 0 aromatic carbocycles. The van der Waals surface area contributed by atoms with Crippen LogP contribution in [0.3, 0.4) is 0 Å². The van der Waals surface area contributed by atoms with Gasteiger partial charge in [-0.25, -0.2) is 0 Å². The predicted octanol–water partition coefficient (Wildman–Crippen LogP) is 0.953. The van der Waals surface area contributed by atoms with Crippen molar-refractivity contribution in [1.82, 2.24) is 10.2 Å². The quantitative estimate of drug-likeness (QED) is 0.574. The second-order valence-electron chi connectivity index (χ2n) is 3.42. The molecule has 0 rings (SSSR count). The van der Waals surface area contributed by atoms with Gasteiger partial charge in [0.1, 0.15) is 0 Å². The molecule has 0 aromatic rings. The summed E-state index contributed by atoms with van der Waals surface area (Å²) in [7, 11) is 4.15. The molecule has 1 atom stereocenters. The molecule has 0 fully saturated rings. The molecule has 0 saturated heterocycles. The van der Waals surface area contributed by atoms with Crippen LogP contribution >= 0.6 is 0 Å². The Kier molecular flexibility index (Phi) is 8.40. The van der Waals surface area contributed by atoms with E-state index < -0.39 is 0 Å². The van der Waals surface area contributed by atoms with Crippen molar-refractivity contribution in [2.24, 2.45) is 0 Å². The highest BCUT2D eigenvalue weighted by molar-refractivity contribution is 4.63. The maximum Gasteiger partial charge on any atom is 0.0593 e. The number of nitrogens with zero attached hydrogens (tertiary/aromatic N) is 1. The lowest BCUT2D eigenvalue weighted by Crippen LogP contribution is -2.34. The second-order valence-corrected chi connectivity index (χ2v) is 3.42. The average molecular weight is 188 g/mol. The van der Waals surface area contributed by atoms with Gasteiger partial charge in [-0.2, -0.15) is 0 Å². The molecule has 0 aliphatic heterocycles. The van der Waals surface area contributed by atoms with E-state index in [4.69, 9.17) is 4.74 Å². The van der Waals surface area contributed by atoms with Crippen LogP contribution in [0.15, 0.2) is 0 Å². The maximum atomic E-state index is 5.30. The van der Waals surface area contributed by atoms with Crippen LogP contribution < -0.4 is 5.32 Å². The lowest BCUT2D eigenvalue weighted by atomic mass is 10.2. The molecule has 13 heavy (non-hydrogen) atoms. The Morgan fingerprint density at radius 1 is 1.46 bits per heavy atom. The lowest BCUT2D eigenvalue weighted by Gasteiger charge is -2.24. The SMILES string of the molecule is CCOCCN(C)C(C)CCNC. The molecule has 0 amide bonds. The average Bonchev–Trinajstić information content (AvgIpc) is 2.14. The third kappa shape index (κ3) is 6.99. The van der Waals surface area contributed by atoms with Gasteiger partial charge < -0.3 is 15.0 Å². The number of ether oxygens (including phenoxy) is 1. The van der Waals surface area contributed by atoms with Crippen LogP contribution in [0.25, 0.3) is 0 Å². The van der Waals surface area contributed by atoms with Gasteiger partial charge in [0, 0.05) is 19.2 Å². The van der Waals surface area contributed by atoms with Gasteiger partial charge in [-0.3, -0.25) is 0 Å². The molecule has 0 aliphatic rings. The number of hydrogen-bond donors (Lipinski definition) is 1. The van der Waals surface area contributed by atoms with Crippen molar-refractivity contribution in [1.29, 1.82) is 0 Å². The molecule has 0 bridgehead atoms. The zero-order chi connectivity index (χ0) is 10.1. The third-order valence-electron chi connectivity index (χ3n) is 2.36. The molecule has 1 unspecified atom stereocenters. The van der Waals surface area contributed by atoms with Crippen LogP contribution in [-0.2, 0) is 4.74 Å². The maximum absolute atomic E-state index is 5.30. The van der Waals surface area contributed by atoms with Crippen LogP contribution in [0, 0.1) is 0 Å². The highest BCUT2D eigenvalue weighted by Gasteiger charge is 2.07. The first kappa shape index (κ1) is 12.9. The van der Waals surface area contributed by atoms with E-state index in [9.17, 15) is 0 Å². The Morgan fingerprint density at radius 3 is 2.69 bits per heavy atom. The van der Waals surface area contributed by atoms with Gasteiger partial charge in [0.25, 0.3) is 0 Å². The predicted molar refractivity (Wildman–Crippen MR) is 57.1 cm³/mol. The van der Waals surface area contributed by atoms with Crippen molar-refractivity contribution in [3.8, 4) is 0 Å². The number of nitrogens with one attached hydrogen (secondary N) is 1. The van der Waals surface area contributed by atoms with E-state index in [0.29, 0.717) is 6.04 Å². The summed E-state index contributed by atoms with van der Waals surface area (Å²) < 4.78 is 5.30. The molecule has 3 heteroatoms. The number of likely N-dealkylation sites (N-methyl/N-ethyl adjacent to an activating group) is 1. The summed E-state index contributed by atoms with van der Waals surface area (Å²) in [6.07, 6.45) is 1.19. The zero-order valence-corrected chi connectivity index (χ0v) is 9.47. The number of rotatable bonds is 8. The Bertz CT molecular complexity index is 109. The van der Waals surface area contributed by atoms with Crippen molar-refractivity contribution in [2.45, 2.75) is 26.3 Å². The Balaban J connectivity index is 3.38. The van der Waals surface area contributed by atoms with Gasteiger partial charge in [0.15, 0.2) is 0 Å². The van der Waals surface area contributed by atoms with Gasteiger partial charge in [0.05, 0.1) is 6.61 Å².